The Balaban J connectivity index is 1.92. The van der Waals surface area contributed by atoms with Crippen molar-refractivity contribution in [1.29, 1.82) is 0 Å². The number of nitrogens with zero attached hydrogens (tertiary/aromatic N) is 2. The highest BCUT2D eigenvalue weighted by Gasteiger charge is 2.15. The first-order valence-corrected chi connectivity index (χ1v) is 7.58. The van der Waals surface area contributed by atoms with Crippen molar-refractivity contribution in [3.05, 3.63) is 27.3 Å². The largest absolute Gasteiger partial charge is 0.496 e. The molecule has 0 aliphatic carbocycles. The summed E-state index contributed by atoms with van der Waals surface area (Å²) in [5.41, 5.74) is 1.38. The van der Waals surface area contributed by atoms with Crippen LogP contribution in [0.4, 0.5) is 0 Å². The third kappa shape index (κ3) is 3.59. The topological polar surface area (TPSA) is 15.7 Å². The quantitative estimate of drug-likeness (QED) is 0.768. The summed E-state index contributed by atoms with van der Waals surface area (Å²) >= 11 is 2.34. The SMILES string of the molecule is CCN1CCN(Cc2ccc(OC)c(I)c2)CC1. The fraction of sp³-hybridized carbons (Fsp3) is 0.571. The second-order valence-corrected chi connectivity index (χ2v) is 5.84. The number of ether oxygens (including phenoxy) is 1. The molecule has 0 atom stereocenters. The molecule has 1 aliphatic rings. The van der Waals surface area contributed by atoms with E-state index in [4.69, 9.17) is 4.74 Å². The number of rotatable bonds is 4. The van der Waals surface area contributed by atoms with E-state index in [0.717, 1.165) is 12.3 Å². The lowest BCUT2D eigenvalue weighted by molar-refractivity contribution is 0.132. The van der Waals surface area contributed by atoms with E-state index in [-0.39, 0.29) is 0 Å². The predicted molar refractivity (Wildman–Crippen MR) is 83.1 cm³/mol. The molecule has 3 nitrogen and oxygen atoms in total. The van der Waals surface area contributed by atoms with E-state index in [0.29, 0.717) is 0 Å². The average molecular weight is 360 g/mol. The molecule has 4 heteroatoms. The van der Waals surface area contributed by atoms with Gasteiger partial charge >= 0.3 is 0 Å². The van der Waals surface area contributed by atoms with Crippen LogP contribution in [0.3, 0.4) is 0 Å². The van der Waals surface area contributed by atoms with Gasteiger partial charge < -0.3 is 9.64 Å². The molecule has 0 radical (unpaired) electrons. The van der Waals surface area contributed by atoms with Gasteiger partial charge in [-0.15, -0.1) is 0 Å². The standard InChI is InChI=1S/C14H21IN2O/c1-3-16-6-8-17(9-7-16)11-12-4-5-14(18-2)13(15)10-12/h4-5,10H,3,6-9,11H2,1-2H3. The van der Waals surface area contributed by atoms with Crippen molar-refractivity contribution in [3.63, 3.8) is 0 Å². The van der Waals surface area contributed by atoms with Crippen LogP contribution in [0, 0.1) is 3.57 Å². The summed E-state index contributed by atoms with van der Waals surface area (Å²) in [7, 11) is 1.72. The third-order valence-corrected chi connectivity index (χ3v) is 4.38. The van der Waals surface area contributed by atoms with Crippen molar-refractivity contribution in [2.24, 2.45) is 0 Å². The van der Waals surface area contributed by atoms with Gasteiger partial charge in [-0.25, -0.2) is 0 Å². The smallest absolute Gasteiger partial charge is 0.132 e. The Labute approximate surface area is 123 Å². The van der Waals surface area contributed by atoms with Crippen LogP contribution in [-0.4, -0.2) is 49.6 Å². The minimum Gasteiger partial charge on any atom is -0.496 e. The van der Waals surface area contributed by atoms with Gasteiger partial charge in [0, 0.05) is 32.7 Å². The van der Waals surface area contributed by atoms with Gasteiger partial charge in [0.05, 0.1) is 10.7 Å². The molecule has 1 saturated heterocycles. The van der Waals surface area contributed by atoms with E-state index in [1.54, 1.807) is 7.11 Å². The Hall–Kier alpha value is -0.330. The van der Waals surface area contributed by atoms with E-state index in [9.17, 15) is 0 Å². The molecule has 0 bridgehead atoms. The molecule has 0 N–H and O–H groups in total. The number of halogens is 1. The number of likely N-dealkylation sites (N-methyl/N-ethyl adjacent to an activating group) is 1. The van der Waals surface area contributed by atoms with Crippen molar-refractivity contribution in [3.8, 4) is 5.75 Å². The second-order valence-electron chi connectivity index (χ2n) is 4.68. The Morgan fingerprint density at radius 2 is 1.83 bits per heavy atom. The zero-order chi connectivity index (χ0) is 13.0. The van der Waals surface area contributed by atoms with E-state index in [1.165, 1.54) is 41.9 Å². The molecule has 0 amide bonds. The highest BCUT2D eigenvalue weighted by molar-refractivity contribution is 14.1. The minimum atomic E-state index is 0.968. The molecular weight excluding hydrogens is 339 g/mol. The molecule has 0 aromatic heterocycles. The molecular formula is C14H21IN2O. The molecule has 0 saturated carbocycles. The van der Waals surface area contributed by atoms with Crippen LogP contribution in [0.5, 0.6) is 5.75 Å². The number of piperazine rings is 1. The van der Waals surface area contributed by atoms with Gasteiger partial charge in [0.1, 0.15) is 5.75 Å². The molecule has 2 rings (SSSR count). The third-order valence-electron chi connectivity index (χ3n) is 3.53. The maximum atomic E-state index is 5.29. The van der Waals surface area contributed by atoms with Gasteiger partial charge in [0.25, 0.3) is 0 Å². The molecule has 18 heavy (non-hydrogen) atoms. The summed E-state index contributed by atoms with van der Waals surface area (Å²) in [4.78, 5) is 5.04. The molecule has 1 heterocycles. The molecule has 0 spiro atoms. The molecule has 1 fully saturated rings. The van der Waals surface area contributed by atoms with Crippen molar-refractivity contribution < 1.29 is 4.74 Å². The van der Waals surface area contributed by atoms with Gasteiger partial charge in [-0.05, 0) is 46.8 Å². The van der Waals surface area contributed by atoms with Gasteiger partial charge in [-0.3, -0.25) is 4.90 Å². The number of methoxy groups -OCH3 is 1. The number of hydrogen-bond acceptors (Lipinski definition) is 3. The second kappa shape index (κ2) is 6.73. The van der Waals surface area contributed by atoms with Gasteiger partial charge in [0.15, 0.2) is 0 Å². The van der Waals surface area contributed by atoms with Crippen LogP contribution in [0.2, 0.25) is 0 Å². The van der Waals surface area contributed by atoms with Crippen LogP contribution in [-0.2, 0) is 6.54 Å². The van der Waals surface area contributed by atoms with Crippen LogP contribution >= 0.6 is 22.6 Å². The molecule has 100 valence electrons. The summed E-state index contributed by atoms with van der Waals surface area (Å²) in [5.74, 6) is 0.968. The summed E-state index contributed by atoms with van der Waals surface area (Å²) < 4.78 is 6.49. The monoisotopic (exact) mass is 360 g/mol. The minimum absolute atomic E-state index is 0.968. The maximum Gasteiger partial charge on any atom is 0.132 e. The normalized spacial score (nSPS) is 17.9. The van der Waals surface area contributed by atoms with Gasteiger partial charge in [-0.2, -0.15) is 0 Å². The van der Waals surface area contributed by atoms with E-state index < -0.39 is 0 Å². The van der Waals surface area contributed by atoms with E-state index in [1.807, 2.05) is 0 Å². The van der Waals surface area contributed by atoms with E-state index in [2.05, 4.69) is 57.5 Å². The first kappa shape index (κ1) is 14.1. The first-order valence-electron chi connectivity index (χ1n) is 6.50. The molecule has 1 aromatic rings. The summed E-state index contributed by atoms with van der Waals surface area (Å²) in [6.45, 7) is 9.22. The lowest BCUT2D eigenvalue weighted by atomic mass is 10.2. The predicted octanol–water partition coefficient (Wildman–Crippen LogP) is 2.44. The average Bonchev–Trinajstić information content (AvgIpc) is 2.40. The Bertz CT molecular complexity index is 389. The Morgan fingerprint density at radius 1 is 1.17 bits per heavy atom. The fourth-order valence-corrected chi connectivity index (χ4v) is 3.13. The van der Waals surface area contributed by atoms with Crippen molar-refractivity contribution >= 4 is 22.6 Å². The number of benzene rings is 1. The molecule has 1 aromatic carbocycles. The van der Waals surface area contributed by atoms with Crippen LogP contribution in [0.25, 0.3) is 0 Å². The Kier molecular flexibility index (Phi) is 5.26. The van der Waals surface area contributed by atoms with Crippen LogP contribution in [0.1, 0.15) is 12.5 Å². The lowest BCUT2D eigenvalue weighted by Crippen LogP contribution is -2.45. The molecule has 1 aliphatic heterocycles. The Morgan fingerprint density at radius 3 is 2.39 bits per heavy atom. The van der Waals surface area contributed by atoms with Crippen molar-refractivity contribution in [2.75, 3.05) is 39.8 Å². The van der Waals surface area contributed by atoms with Crippen LogP contribution < -0.4 is 4.74 Å². The van der Waals surface area contributed by atoms with Crippen LogP contribution in [0.15, 0.2) is 18.2 Å². The van der Waals surface area contributed by atoms with E-state index >= 15 is 0 Å². The molecule has 0 unspecified atom stereocenters. The fourth-order valence-electron chi connectivity index (χ4n) is 2.33. The lowest BCUT2D eigenvalue weighted by Gasteiger charge is -2.34. The zero-order valence-corrected chi connectivity index (χ0v) is 13.3. The summed E-state index contributed by atoms with van der Waals surface area (Å²) in [6.07, 6.45) is 0. The summed E-state index contributed by atoms with van der Waals surface area (Å²) in [5, 5.41) is 0. The highest BCUT2D eigenvalue weighted by Crippen LogP contribution is 2.22. The van der Waals surface area contributed by atoms with Crippen molar-refractivity contribution in [1.82, 2.24) is 9.80 Å². The summed E-state index contributed by atoms with van der Waals surface area (Å²) in [6, 6.07) is 6.47. The van der Waals surface area contributed by atoms with Gasteiger partial charge in [0.2, 0.25) is 0 Å². The highest BCUT2D eigenvalue weighted by atomic mass is 127. The van der Waals surface area contributed by atoms with Gasteiger partial charge in [-0.1, -0.05) is 13.0 Å². The van der Waals surface area contributed by atoms with Crippen molar-refractivity contribution in [2.45, 2.75) is 13.5 Å². The maximum absolute atomic E-state index is 5.29. The zero-order valence-electron chi connectivity index (χ0n) is 11.2. The first-order chi connectivity index (χ1) is 8.72. The number of hydrogen-bond donors (Lipinski definition) is 0.